The predicted molar refractivity (Wildman–Crippen MR) is 115 cm³/mol. The highest BCUT2D eigenvalue weighted by atomic mass is 32.2. The van der Waals surface area contributed by atoms with E-state index in [1.165, 1.54) is 50.3 Å². The number of nitrogens with one attached hydrogen (secondary N) is 1. The van der Waals surface area contributed by atoms with Crippen LogP contribution in [-0.4, -0.2) is 32.0 Å². The van der Waals surface area contributed by atoms with E-state index in [9.17, 15) is 4.79 Å². The molecular formula is C23H30N4OS. The smallest absolute Gasteiger partial charge is 0.233 e. The summed E-state index contributed by atoms with van der Waals surface area (Å²) in [6.45, 7) is 4.17. The monoisotopic (exact) mass is 410 g/mol. The van der Waals surface area contributed by atoms with Crippen LogP contribution in [0.4, 0.5) is 0 Å². The summed E-state index contributed by atoms with van der Waals surface area (Å²) in [7, 11) is 0. The highest BCUT2D eigenvalue weighted by Crippen LogP contribution is 2.49. The normalized spacial score (nSPS) is 27.7. The van der Waals surface area contributed by atoms with Crippen LogP contribution in [0.25, 0.3) is 5.69 Å². The average Bonchev–Trinajstić information content (AvgIpc) is 3.15. The molecule has 3 aliphatic carbocycles. The van der Waals surface area contributed by atoms with Gasteiger partial charge in [0.25, 0.3) is 0 Å². The van der Waals surface area contributed by atoms with Gasteiger partial charge in [0.1, 0.15) is 5.82 Å². The minimum atomic E-state index is -0.199. The standard InChI is InChI=1S/C23H30N4OS/c1-14(20-13-16-8-9-18(20)12-16)24-22(28)15(2)29-23-26-25-21(17-10-11-17)27(23)19-6-4-3-5-7-19/h3-7,14-18,20H,8-13H2,1-2H3,(H,24,28). The van der Waals surface area contributed by atoms with Crippen molar-refractivity contribution in [2.45, 2.75) is 74.7 Å². The van der Waals surface area contributed by atoms with E-state index in [0.29, 0.717) is 11.8 Å². The summed E-state index contributed by atoms with van der Waals surface area (Å²) < 4.78 is 2.14. The third-order valence-corrected chi connectivity index (χ3v) is 8.11. The van der Waals surface area contributed by atoms with E-state index in [4.69, 9.17) is 0 Å². The average molecular weight is 411 g/mol. The van der Waals surface area contributed by atoms with Gasteiger partial charge in [-0.05, 0) is 75.8 Å². The molecule has 0 radical (unpaired) electrons. The van der Waals surface area contributed by atoms with Crippen LogP contribution in [0.15, 0.2) is 35.5 Å². The van der Waals surface area contributed by atoms with E-state index < -0.39 is 0 Å². The Bertz CT molecular complexity index is 878. The number of benzene rings is 1. The first kappa shape index (κ1) is 19.2. The van der Waals surface area contributed by atoms with Crippen LogP contribution in [0.1, 0.15) is 64.1 Å². The number of hydrogen-bond acceptors (Lipinski definition) is 4. The Morgan fingerprint density at radius 1 is 1.10 bits per heavy atom. The fourth-order valence-electron chi connectivity index (χ4n) is 5.35. The third kappa shape index (κ3) is 3.83. The molecule has 5 rings (SSSR count). The van der Waals surface area contributed by atoms with Crippen molar-refractivity contribution in [3.05, 3.63) is 36.2 Å². The molecule has 5 atom stereocenters. The fourth-order valence-corrected chi connectivity index (χ4v) is 6.23. The van der Waals surface area contributed by atoms with Crippen LogP contribution in [0, 0.1) is 17.8 Å². The van der Waals surface area contributed by atoms with Crippen LogP contribution < -0.4 is 5.32 Å². The molecule has 0 aliphatic heterocycles. The van der Waals surface area contributed by atoms with E-state index in [-0.39, 0.29) is 17.2 Å². The molecule has 6 heteroatoms. The Labute approximate surface area is 177 Å². The second kappa shape index (κ2) is 7.78. The highest BCUT2D eigenvalue weighted by molar-refractivity contribution is 8.00. The lowest BCUT2D eigenvalue weighted by Gasteiger charge is -2.29. The summed E-state index contributed by atoms with van der Waals surface area (Å²) in [5.41, 5.74) is 1.07. The highest BCUT2D eigenvalue weighted by Gasteiger charge is 2.42. The van der Waals surface area contributed by atoms with Gasteiger partial charge in [0.05, 0.1) is 5.25 Å². The molecule has 1 aromatic heterocycles. The maximum Gasteiger partial charge on any atom is 0.233 e. The minimum Gasteiger partial charge on any atom is -0.352 e. The number of hydrogen-bond donors (Lipinski definition) is 1. The van der Waals surface area contributed by atoms with Crippen LogP contribution in [-0.2, 0) is 4.79 Å². The van der Waals surface area contributed by atoms with Gasteiger partial charge in [-0.3, -0.25) is 9.36 Å². The Balaban J connectivity index is 1.28. The number of carbonyl (C=O) groups is 1. The molecule has 0 saturated heterocycles. The molecule has 5 unspecified atom stereocenters. The van der Waals surface area contributed by atoms with Crippen molar-refractivity contribution in [1.29, 1.82) is 0 Å². The molecule has 3 aliphatic rings. The second-order valence-corrected chi connectivity index (χ2v) is 10.5. The van der Waals surface area contributed by atoms with Crippen molar-refractivity contribution >= 4 is 17.7 Å². The summed E-state index contributed by atoms with van der Waals surface area (Å²) in [5.74, 6) is 4.02. The number of thioether (sulfide) groups is 1. The lowest BCUT2D eigenvalue weighted by atomic mass is 9.84. The molecule has 2 bridgehead atoms. The van der Waals surface area contributed by atoms with Gasteiger partial charge in [0.2, 0.25) is 5.91 Å². The van der Waals surface area contributed by atoms with E-state index in [1.807, 2.05) is 25.1 Å². The summed E-state index contributed by atoms with van der Waals surface area (Å²) in [6.07, 6.45) is 7.76. The molecule has 3 fully saturated rings. The zero-order valence-electron chi connectivity index (χ0n) is 17.3. The van der Waals surface area contributed by atoms with Crippen molar-refractivity contribution in [1.82, 2.24) is 20.1 Å². The molecule has 0 spiro atoms. The first-order valence-electron chi connectivity index (χ1n) is 11.1. The van der Waals surface area contributed by atoms with E-state index in [0.717, 1.165) is 28.5 Å². The van der Waals surface area contributed by atoms with Gasteiger partial charge in [-0.1, -0.05) is 36.4 Å². The summed E-state index contributed by atoms with van der Waals surface area (Å²) in [4.78, 5) is 12.9. The van der Waals surface area contributed by atoms with Crippen molar-refractivity contribution in [3.8, 4) is 5.69 Å². The van der Waals surface area contributed by atoms with Crippen molar-refractivity contribution < 1.29 is 4.79 Å². The van der Waals surface area contributed by atoms with E-state index >= 15 is 0 Å². The Hall–Kier alpha value is -1.82. The number of carbonyl (C=O) groups excluding carboxylic acids is 1. The third-order valence-electron chi connectivity index (χ3n) is 7.07. The van der Waals surface area contributed by atoms with Crippen molar-refractivity contribution in [2.75, 3.05) is 0 Å². The number of nitrogens with zero attached hydrogens (tertiary/aromatic N) is 3. The van der Waals surface area contributed by atoms with Crippen LogP contribution in [0.2, 0.25) is 0 Å². The number of amides is 1. The molecule has 1 aromatic carbocycles. The Morgan fingerprint density at radius 2 is 1.90 bits per heavy atom. The second-order valence-electron chi connectivity index (χ2n) is 9.18. The SMILES string of the molecule is CC(Sc1nnc(C2CC2)n1-c1ccccc1)C(=O)NC(C)C1CC2CCC1C2. The van der Waals surface area contributed by atoms with Gasteiger partial charge >= 0.3 is 0 Å². The zero-order chi connectivity index (χ0) is 20.0. The first-order chi connectivity index (χ1) is 14.1. The lowest BCUT2D eigenvalue weighted by Crippen LogP contribution is -2.43. The van der Waals surface area contributed by atoms with Crippen molar-refractivity contribution in [2.24, 2.45) is 17.8 Å². The maximum absolute atomic E-state index is 12.9. The molecule has 2 aromatic rings. The number of rotatable bonds is 7. The van der Waals surface area contributed by atoms with E-state index in [2.05, 4.69) is 39.1 Å². The van der Waals surface area contributed by atoms with Crippen LogP contribution in [0.5, 0.6) is 0 Å². The molecule has 3 saturated carbocycles. The summed E-state index contributed by atoms with van der Waals surface area (Å²) >= 11 is 1.52. The Kier molecular flexibility index (Phi) is 5.14. The molecule has 1 heterocycles. The molecule has 29 heavy (non-hydrogen) atoms. The van der Waals surface area contributed by atoms with Gasteiger partial charge in [-0.15, -0.1) is 10.2 Å². The zero-order valence-corrected chi connectivity index (χ0v) is 18.1. The van der Waals surface area contributed by atoms with Crippen LogP contribution >= 0.6 is 11.8 Å². The minimum absolute atomic E-state index is 0.112. The molecule has 5 nitrogen and oxygen atoms in total. The van der Waals surface area contributed by atoms with E-state index in [1.54, 1.807) is 0 Å². The molecule has 1 amide bonds. The summed E-state index contributed by atoms with van der Waals surface area (Å²) in [6, 6.07) is 10.5. The molecular weight excluding hydrogens is 380 g/mol. The summed E-state index contributed by atoms with van der Waals surface area (Å²) in [5, 5.41) is 12.9. The van der Waals surface area contributed by atoms with Crippen molar-refractivity contribution in [3.63, 3.8) is 0 Å². The van der Waals surface area contributed by atoms with Gasteiger partial charge in [-0.25, -0.2) is 0 Å². The number of aromatic nitrogens is 3. The maximum atomic E-state index is 12.9. The first-order valence-corrected chi connectivity index (χ1v) is 12.0. The fraction of sp³-hybridized carbons (Fsp3) is 0.609. The largest absolute Gasteiger partial charge is 0.352 e. The topological polar surface area (TPSA) is 59.8 Å². The van der Waals surface area contributed by atoms with Gasteiger partial charge < -0.3 is 5.32 Å². The number of fused-ring (bicyclic) bond motifs is 2. The lowest BCUT2D eigenvalue weighted by molar-refractivity contribution is -0.121. The molecule has 154 valence electrons. The van der Waals surface area contributed by atoms with Gasteiger partial charge in [0, 0.05) is 17.6 Å². The number of para-hydroxylation sites is 1. The van der Waals surface area contributed by atoms with Gasteiger partial charge in [0.15, 0.2) is 5.16 Å². The van der Waals surface area contributed by atoms with Gasteiger partial charge in [-0.2, -0.15) is 0 Å². The molecule has 1 N–H and O–H groups in total. The predicted octanol–water partition coefficient (Wildman–Crippen LogP) is 4.57. The Morgan fingerprint density at radius 3 is 2.55 bits per heavy atom. The quantitative estimate of drug-likeness (QED) is 0.680. The van der Waals surface area contributed by atoms with Crippen LogP contribution in [0.3, 0.4) is 0 Å².